The SMILES string of the molecule is C=C1CCN(CCN(C)C)C/C1=C/C=C(\N)I. The van der Waals surface area contributed by atoms with Crippen molar-refractivity contribution in [3.8, 4) is 0 Å². The number of nitrogens with two attached hydrogens (primary N) is 1. The Labute approximate surface area is 118 Å². The van der Waals surface area contributed by atoms with E-state index in [1.807, 2.05) is 6.08 Å². The van der Waals surface area contributed by atoms with Crippen LogP contribution in [-0.2, 0) is 0 Å². The molecule has 3 nitrogen and oxygen atoms in total. The van der Waals surface area contributed by atoms with Gasteiger partial charge in [0.05, 0.1) is 3.70 Å². The largest absolute Gasteiger partial charge is 0.394 e. The summed E-state index contributed by atoms with van der Waals surface area (Å²) < 4.78 is 0.813. The number of likely N-dealkylation sites (tertiary alicyclic amines) is 1. The Hall–Kier alpha value is -0.330. The third-order valence-electron chi connectivity index (χ3n) is 2.89. The second-order valence-corrected chi connectivity index (χ2v) is 5.92. The van der Waals surface area contributed by atoms with Gasteiger partial charge in [-0.3, -0.25) is 4.90 Å². The first kappa shape index (κ1) is 14.7. The predicted octanol–water partition coefficient (Wildman–Crippen LogP) is 1.97. The predicted molar refractivity (Wildman–Crippen MR) is 83.1 cm³/mol. The van der Waals surface area contributed by atoms with Gasteiger partial charge in [0.1, 0.15) is 0 Å². The molecule has 2 N–H and O–H groups in total. The lowest BCUT2D eigenvalue weighted by molar-refractivity contribution is 0.249. The first-order chi connectivity index (χ1) is 7.99. The first-order valence-corrected chi connectivity index (χ1v) is 6.94. The van der Waals surface area contributed by atoms with Crippen molar-refractivity contribution in [1.82, 2.24) is 9.80 Å². The summed E-state index contributed by atoms with van der Waals surface area (Å²) >= 11 is 2.12. The van der Waals surface area contributed by atoms with Crippen LogP contribution < -0.4 is 5.73 Å². The van der Waals surface area contributed by atoms with E-state index in [2.05, 4.69) is 59.1 Å². The molecule has 0 aromatic heterocycles. The number of likely N-dealkylation sites (N-methyl/N-ethyl adjacent to an activating group) is 1. The first-order valence-electron chi connectivity index (χ1n) is 5.86. The maximum atomic E-state index is 5.64. The summed E-state index contributed by atoms with van der Waals surface area (Å²) in [5.74, 6) is 0. The topological polar surface area (TPSA) is 32.5 Å². The van der Waals surface area contributed by atoms with Crippen LogP contribution in [0.4, 0.5) is 0 Å². The maximum absolute atomic E-state index is 5.64. The summed E-state index contributed by atoms with van der Waals surface area (Å²) in [7, 11) is 4.22. The Morgan fingerprint density at radius 1 is 1.59 bits per heavy atom. The zero-order valence-electron chi connectivity index (χ0n) is 10.7. The van der Waals surface area contributed by atoms with Crippen LogP contribution in [0.2, 0.25) is 0 Å². The molecule has 0 bridgehead atoms. The quantitative estimate of drug-likeness (QED) is 0.624. The fourth-order valence-corrected chi connectivity index (χ4v) is 1.95. The van der Waals surface area contributed by atoms with Crippen LogP contribution in [0.5, 0.6) is 0 Å². The van der Waals surface area contributed by atoms with Gasteiger partial charge in [0.25, 0.3) is 0 Å². The van der Waals surface area contributed by atoms with E-state index in [0.29, 0.717) is 0 Å². The van der Waals surface area contributed by atoms with Gasteiger partial charge < -0.3 is 10.6 Å². The molecule has 0 radical (unpaired) electrons. The van der Waals surface area contributed by atoms with Crippen LogP contribution >= 0.6 is 22.6 Å². The van der Waals surface area contributed by atoms with Gasteiger partial charge >= 0.3 is 0 Å². The Kier molecular flexibility index (Phi) is 6.22. The lowest BCUT2D eigenvalue weighted by Gasteiger charge is -2.30. The minimum atomic E-state index is 0.813. The molecule has 1 rings (SSSR count). The molecule has 1 saturated heterocycles. The van der Waals surface area contributed by atoms with Crippen LogP contribution in [0.25, 0.3) is 0 Å². The van der Waals surface area contributed by atoms with Crippen LogP contribution in [-0.4, -0.2) is 50.1 Å². The van der Waals surface area contributed by atoms with E-state index in [-0.39, 0.29) is 0 Å². The highest BCUT2D eigenvalue weighted by Crippen LogP contribution is 2.20. The second-order valence-electron chi connectivity index (χ2n) is 4.68. The molecule has 0 unspecified atom stereocenters. The van der Waals surface area contributed by atoms with Crippen molar-refractivity contribution in [2.75, 3.05) is 40.3 Å². The molecule has 0 aromatic carbocycles. The summed E-state index contributed by atoms with van der Waals surface area (Å²) in [5.41, 5.74) is 8.21. The van der Waals surface area contributed by atoms with Gasteiger partial charge in [0.15, 0.2) is 0 Å². The Bertz CT molecular complexity index is 328. The number of nitrogens with zero attached hydrogens (tertiary/aromatic N) is 2. The van der Waals surface area contributed by atoms with E-state index < -0.39 is 0 Å². The molecule has 1 aliphatic rings. The van der Waals surface area contributed by atoms with Crippen molar-refractivity contribution in [2.24, 2.45) is 5.73 Å². The Morgan fingerprint density at radius 3 is 2.88 bits per heavy atom. The average molecular weight is 347 g/mol. The van der Waals surface area contributed by atoms with E-state index in [9.17, 15) is 0 Å². The van der Waals surface area contributed by atoms with Crippen molar-refractivity contribution < 1.29 is 0 Å². The molecule has 1 heterocycles. The monoisotopic (exact) mass is 347 g/mol. The molecule has 0 saturated carbocycles. The molecule has 0 atom stereocenters. The highest BCUT2D eigenvalue weighted by molar-refractivity contribution is 14.1. The standard InChI is InChI=1S/C13H22IN3/c1-11-6-7-17(9-8-16(2)3)10-12(11)4-5-13(14)15/h4-5H,1,6-10,15H2,2-3H3/b12-4-,13-5-. The van der Waals surface area contributed by atoms with Gasteiger partial charge in [-0.25, -0.2) is 0 Å². The average Bonchev–Trinajstić information content (AvgIpc) is 2.26. The molecular weight excluding hydrogens is 325 g/mol. The van der Waals surface area contributed by atoms with Crippen molar-refractivity contribution >= 4 is 22.6 Å². The minimum absolute atomic E-state index is 0.813. The van der Waals surface area contributed by atoms with Crippen LogP contribution in [0, 0.1) is 0 Å². The molecule has 0 spiro atoms. The zero-order chi connectivity index (χ0) is 12.8. The summed E-state index contributed by atoms with van der Waals surface area (Å²) in [6, 6.07) is 0. The van der Waals surface area contributed by atoms with Crippen LogP contribution in [0.3, 0.4) is 0 Å². The molecule has 1 fully saturated rings. The van der Waals surface area contributed by atoms with Gasteiger partial charge in [-0.15, -0.1) is 0 Å². The minimum Gasteiger partial charge on any atom is -0.394 e. The number of hydrogen-bond donors (Lipinski definition) is 1. The molecule has 0 aromatic rings. The summed E-state index contributed by atoms with van der Waals surface area (Å²) in [4.78, 5) is 4.69. The Balaban J connectivity index is 2.56. The van der Waals surface area contributed by atoms with Gasteiger partial charge in [-0.1, -0.05) is 12.7 Å². The summed E-state index contributed by atoms with van der Waals surface area (Å²) in [6.07, 6.45) is 5.12. The highest BCUT2D eigenvalue weighted by atomic mass is 127. The van der Waals surface area contributed by atoms with Crippen molar-refractivity contribution in [2.45, 2.75) is 6.42 Å². The smallest absolute Gasteiger partial charge is 0.0705 e. The normalized spacial score (nSPS) is 21.5. The molecule has 96 valence electrons. The van der Waals surface area contributed by atoms with Crippen molar-refractivity contribution in [3.05, 3.63) is 33.6 Å². The highest BCUT2D eigenvalue weighted by Gasteiger charge is 2.16. The second kappa shape index (κ2) is 7.18. The van der Waals surface area contributed by atoms with Crippen LogP contribution in [0.1, 0.15) is 6.42 Å². The molecule has 1 aliphatic heterocycles. The fraction of sp³-hybridized carbons (Fsp3) is 0.538. The molecule has 0 amide bonds. The van der Waals surface area contributed by atoms with Crippen molar-refractivity contribution in [3.63, 3.8) is 0 Å². The third kappa shape index (κ3) is 5.70. The molecule has 17 heavy (non-hydrogen) atoms. The fourth-order valence-electron chi connectivity index (χ4n) is 1.77. The number of rotatable bonds is 4. The van der Waals surface area contributed by atoms with E-state index in [1.54, 1.807) is 0 Å². The Morgan fingerprint density at radius 2 is 2.29 bits per heavy atom. The molecule has 4 heteroatoms. The van der Waals surface area contributed by atoms with E-state index in [1.165, 1.54) is 11.1 Å². The number of hydrogen-bond acceptors (Lipinski definition) is 3. The van der Waals surface area contributed by atoms with Crippen molar-refractivity contribution in [1.29, 1.82) is 0 Å². The zero-order valence-corrected chi connectivity index (χ0v) is 12.9. The number of halogens is 1. The van der Waals surface area contributed by atoms with E-state index in [4.69, 9.17) is 5.73 Å². The number of piperidine rings is 1. The van der Waals surface area contributed by atoms with Crippen LogP contribution in [0.15, 0.2) is 33.6 Å². The van der Waals surface area contributed by atoms with E-state index >= 15 is 0 Å². The summed E-state index contributed by atoms with van der Waals surface area (Å²) in [5, 5.41) is 0. The van der Waals surface area contributed by atoms with Gasteiger partial charge in [0, 0.05) is 26.2 Å². The number of allylic oxidation sites excluding steroid dienone is 2. The molecular formula is C13H22IN3. The van der Waals surface area contributed by atoms with Gasteiger partial charge in [-0.2, -0.15) is 0 Å². The lowest BCUT2D eigenvalue weighted by atomic mass is 9.99. The van der Waals surface area contributed by atoms with Gasteiger partial charge in [-0.05, 0) is 60.3 Å². The van der Waals surface area contributed by atoms with Gasteiger partial charge in [0.2, 0.25) is 0 Å². The third-order valence-corrected chi connectivity index (χ3v) is 3.24. The lowest BCUT2D eigenvalue weighted by Crippen LogP contribution is -2.37. The van der Waals surface area contributed by atoms with E-state index in [0.717, 1.165) is 36.3 Å². The maximum Gasteiger partial charge on any atom is 0.0705 e. The summed E-state index contributed by atoms with van der Waals surface area (Å²) in [6.45, 7) is 8.45. The molecule has 0 aliphatic carbocycles.